The zero-order chi connectivity index (χ0) is 17.2. The number of hydrogen-bond donors (Lipinski definition) is 2. The van der Waals surface area contributed by atoms with Crippen LogP contribution in [-0.2, 0) is 17.8 Å². The Morgan fingerprint density at radius 1 is 1.29 bits per heavy atom. The number of nitrogens with zero attached hydrogens (tertiary/aromatic N) is 1. The van der Waals surface area contributed by atoms with Crippen LogP contribution in [0.5, 0.6) is 0 Å². The number of β-amino-alcohol motifs (C(OH)–C–C–N with tert-alkyl or cyclic N) is 1. The number of carboxylic acid groups (broad SMARTS) is 1. The van der Waals surface area contributed by atoms with Crippen molar-refractivity contribution < 1.29 is 15.0 Å². The van der Waals surface area contributed by atoms with Crippen LogP contribution in [0.2, 0.25) is 4.34 Å². The van der Waals surface area contributed by atoms with Gasteiger partial charge in [0.1, 0.15) is 5.41 Å². The minimum atomic E-state index is -1.12. The van der Waals surface area contributed by atoms with Gasteiger partial charge in [0, 0.05) is 18.0 Å². The number of aliphatic hydroxyl groups is 1. The lowest BCUT2D eigenvalue weighted by Crippen LogP contribution is -2.55. The molecular formula is C18H20ClNO3S. The summed E-state index contributed by atoms with van der Waals surface area (Å²) in [7, 11) is 0. The van der Waals surface area contributed by atoms with Gasteiger partial charge in [0.2, 0.25) is 0 Å². The second kappa shape index (κ2) is 7.23. The van der Waals surface area contributed by atoms with Crippen molar-refractivity contribution >= 4 is 28.9 Å². The Morgan fingerprint density at radius 3 is 2.62 bits per heavy atom. The summed E-state index contributed by atoms with van der Waals surface area (Å²) in [5.41, 5.74) is -0.178. The molecule has 1 aliphatic heterocycles. The molecule has 2 N–H and O–H groups in total. The molecule has 24 heavy (non-hydrogen) atoms. The molecule has 2 heterocycles. The molecule has 0 aliphatic carbocycles. The minimum Gasteiger partial charge on any atom is -0.481 e. The summed E-state index contributed by atoms with van der Waals surface area (Å²) >= 11 is 7.47. The summed E-state index contributed by atoms with van der Waals surface area (Å²) in [5.74, 6) is -0.919. The van der Waals surface area contributed by atoms with Crippen LogP contribution in [0.3, 0.4) is 0 Å². The van der Waals surface area contributed by atoms with E-state index in [1.54, 1.807) is 0 Å². The maximum absolute atomic E-state index is 12.0. The number of benzene rings is 1. The fourth-order valence-corrected chi connectivity index (χ4v) is 4.46. The predicted octanol–water partition coefficient (Wildman–Crippen LogP) is 3.28. The van der Waals surface area contributed by atoms with Gasteiger partial charge in [-0.05, 0) is 37.1 Å². The topological polar surface area (TPSA) is 60.8 Å². The molecule has 0 saturated carbocycles. The molecule has 0 spiro atoms. The Kier molecular flexibility index (Phi) is 5.25. The lowest BCUT2D eigenvalue weighted by Gasteiger charge is -2.42. The smallest absolute Gasteiger partial charge is 0.312 e. The van der Waals surface area contributed by atoms with E-state index >= 15 is 0 Å². The van der Waals surface area contributed by atoms with Crippen LogP contribution in [0.15, 0.2) is 42.5 Å². The van der Waals surface area contributed by atoms with Crippen LogP contribution in [-0.4, -0.2) is 40.3 Å². The number of carboxylic acids is 1. The molecule has 1 aromatic heterocycles. The minimum absolute atomic E-state index is 0.350. The number of halogens is 1. The number of rotatable bonds is 5. The maximum atomic E-state index is 12.0. The van der Waals surface area contributed by atoms with Gasteiger partial charge in [0.15, 0.2) is 0 Å². The highest BCUT2D eigenvalue weighted by atomic mass is 35.5. The van der Waals surface area contributed by atoms with Gasteiger partial charge in [0.25, 0.3) is 0 Å². The Bertz CT molecular complexity index is 705. The van der Waals surface area contributed by atoms with E-state index in [-0.39, 0.29) is 0 Å². The first kappa shape index (κ1) is 17.4. The van der Waals surface area contributed by atoms with Gasteiger partial charge in [-0.1, -0.05) is 41.9 Å². The van der Waals surface area contributed by atoms with E-state index in [9.17, 15) is 15.0 Å². The van der Waals surface area contributed by atoms with Crippen LogP contribution in [0, 0.1) is 5.41 Å². The standard InChI is InChI=1S/C18H20ClNO3S/c19-16-7-6-14(24-16)11-20-9-8-18(17(22)23,15(21)12-20)10-13-4-2-1-3-5-13/h1-7,15,21H,8-12H2,(H,22,23)/t15-,18-/m1/s1. The Morgan fingerprint density at radius 2 is 2.04 bits per heavy atom. The van der Waals surface area contributed by atoms with E-state index in [0.717, 1.165) is 14.8 Å². The summed E-state index contributed by atoms with van der Waals surface area (Å²) in [6, 6.07) is 13.4. The van der Waals surface area contributed by atoms with Gasteiger partial charge in [-0.15, -0.1) is 11.3 Å². The molecule has 0 unspecified atom stereocenters. The first-order valence-electron chi connectivity index (χ1n) is 7.91. The third-order valence-corrected chi connectivity index (χ3v) is 5.96. The van der Waals surface area contributed by atoms with Crippen LogP contribution in [0.1, 0.15) is 16.9 Å². The Hall–Kier alpha value is -1.40. The number of likely N-dealkylation sites (tertiary alicyclic amines) is 1. The monoisotopic (exact) mass is 365 g/mol. The molecule has 0 bridgehead atoms. The fraction of sp³-hybridized carbons (Fsp3) is 0.389. The van der Waals surface area contributed by atoms with Gasteiger partial charge in [-0.3, -0.25) is 9.69 Å². The third-order valence-electron chi connectivity index (χ3n) is 4.74. The van der Waals surface area contributed by atoms with E-state index in [4.69, 9.17) is 11.6 Å². The van der Waals surface area contributed by atoms with E-state index in [1.165, 1.54) is 11.3 Å². The van der Waals surface area contributed by atoms with Crippen molar-refractivity contribution in [1.29, 1.82) is 0 Å². The van der Waals surface area contributed by atoms with Crippen molar-refractivity contribution in [3.05, 3.63) is 57.2 Å². The molecule has 128 valence electrons. The van der Waals surface area contributed by atoms with Gasteiger partial charge in [-0.2, -0.15) is 0 Å². The molecule has 2 aromatic rings. The van der Waals surface area contributed by atoms with Crippen molar-refractivity contribution in [2.45, 2.75) is 25.5 Å². The zero-order valence-corrected chi connectivity index (χ0v) is 14.8. The first-order valence-corrected chi connectivity index (χ1v) is 9.11. The number of aliphatic hydroxyl groups excluding tert-OH is 1. The summed E-state index contributed by atoms with van der Waals surface area (Å²) in [5, 5.41) is 20.5. The lowest BCUT2D eigenvalue weighted by molar-refractivity contribution is -0.163. The third kappa shape index (κ3) is 3.64. The van der Waals surface area contributed by atoms with E-state index in [2.05, 4.69) is 4.90 Å². The van der Waals surface area contributed by atoms with Gasteiger partial charge >= 0.3 is 5.97 Å². The highest BCUT2D eigenvalue weighted by Gasteiger charge is 2.48. The quantitative estimate of drug-likeness (QED) is 0.853. The molecule has 3 rings (SSSR count). The van der Waals surface area contributed by atoms with Crippen LogP contribution in [0.25, 0.3) is 0 Å². The SMILES string of the molecule is O=C(O)[C@@]1(Cc2ccccc2)CCN(Cc2ccc(Cl)s2)C[C@H]1O. The molecule has 0 radical (unpaired) electrons. The number of aliphatic carboxylic acids is 1. The molecule has 1 aliphatic rings. The fourth-order valence-electron chi connectivity index (χ4n) is 3.33. The van der Waals surface area contributed by atoms with Crippen LogP contribution >= 0.6 is 22.9 Å². The predicted molar refractivity (Wildman–Crippen MR) is 95.4 cm³/mol. The summed E-state index contributed by atoms with van der Waals surface area (Å²) < 4.78 is 0.742. The molecule has 4 nitrogen and oxygen atoms in total. The largest absolute Gasteiger partial charge is 0.481 e. The zero-order valence-electron chi connectivity index (χ0n) is 13.2. The van der Waals surface area contributed by atoms with Crippen LogP contribution in [0.4, 0.5) is 0 Å². The highest BCUT2D eigenvalue weighted by Crippen LogP contribution is 2.37. The van der Waals surface area contributed by atoms with Crippen molar-refractivity contribution in [3.63, 3.8) is 0 Å². The van der Waals surface area contributed by atoms with Gasteiger partial charge in [0.05, 0.1) is 10.4 Å². The molecule has 1 fully saturated rings. The summed E-state index contributed by atoms with van der Waals surface area (Å²) in [4.78, 5) is 15.2. The maximum Gasteiger partial charge on any atom is 0.312 e. The van der Waals surface area contributed by atoms with Crippen molar-refractivity contribution in [1.82, 2.24) is 4.90 Å². The Labute approximate surface area is 150 Å². The van der Waals surface area contributed by atoms with E-state index in [0.29, 0.717) is 32.5 Å². The summed E-state index contributed by atoms with van der Waals surface area (Å²) in [6.45, 7) is 1.69. The normalized spacial score (nSPS) is 24.8. The second-order valence-corrected chi connectivity index (χ2v) is 8.13. The van der Waals surface area contributed by atoms with E-state index < -0.39 is 17.5 Å². The molecule has 2 atom stereocenters. The average Bonchev–Trinajstić information content (AvgIpc) is 2.96. The van der Waals surface area contributed by atoms with Crippen LogP contribution < -0.4 is 0 Å². The van der Waals surface area contributed by atoms with Crippen molar-refractivity contribution in [3.8, 4) is 0 Å². The summed E-state index contributed by atoms with van der Waals surface area (Å²) in [6.07, 6.45) is -0.125. The molecule has 0 amide bonds. The van der Waals surface area contributed by atoms with Crippen molar-refractivity contribution in [2.24, 2.45) is 5.41 Å². The lowest BCUT2D eigenvalue weighted by atomic mass is 9.71. The molecule has 1 saturated heterocycles. The number of thiophene rings is 1. The Balaban J connectivity index is 1.72. The number of carbonyl (C=O) groups is 1. The van der Waals surface area contributed by atoms with Gasteiger partial charge in [-0.25, -0.2) is 0 Å². The van der Waals surface area contributed by atoms with Crippen molar-refractivity contribution in [2.75, 3.05) is 13.1 Å². The molecule has 6 heteroatoms. The second-order valence-electron chi connectivity index (χ2n) is 6.33. The number of piperidine rings is 1. The molecular weight excluding hydrogens is 346 g/mol. The number of hydrogen-bond acceptors (Lipinski definition) is 4. The molecule has 1 aromatic carbocycles. The highest BCUT2D eigenvalue weighted by molar-refractivity contribution is 7.16. The first-order chi connectivity index (χ1) is 11.5. The van der Waals surface area contributed by atoms with Gasteiger partial charge < -0.3 is 10.2 Å². The average molecular weight is 366 g/mol. The van der Waals surface area contributed by atoms with E-state index in [1.807, 2.05) is 42.5 Å².